The van der Waals surface area contributed by atoms with E-state index in [0.717, 1.165) is 76.3 Å². The number of hydrogen-bond acceptors (Lipinski definition) is 5. The Balaban J connectivity index is 1.87. The summed E-state index contributed by atoms with van der Waals surface area (Å²) in [5.41, 5.74) is 13.0. The van der Waals surface area contributed by atoms with Gasteiger partial charge in [0.25, 0.3) is 5.91 Å². The third-order valence-corrected chi connectivity index (χ3v) is 7.27. The first-order chi connectivity index (χ1) is 17.8. The monoisotopic (exact) mass is 521 g/mol. The zero-order chi connectivity index (χ0) is 26.9. The highest BCUT2D eigenvalue weighted by Gasteiger charge is 2.18. The van der Waals surface area contributed by atoms with E-state index in [0.29, 0.717) is 22.7 Å². The predicted octanol–water partition coefficient (Wildman–Crippen LogP) is 3.96. The van der Waals surface area contributed by atoms with Crippen LogP contribution < -0.4 is 16.4 Å². The number of nitrogens with two attached hydrogens (primary N) is 1. The second-order valence-electron chi connectivity index (χ2n) is 9.00. The summed E-state index contributed by atoms with van der Waals surface area (Å²) in [5, 5.41) is 6.81. The van der Waals surface area contributed by atoms with Gasteiger partial charge in [0.2, 0.25) is 5.95 Å². The van der Waals surface area contributed by atoms with Gasteiger partial charge >= 0.3 is 0 Å². The van der Waals surface area contributed by atoms with Gasteiger partial charge in [0.05, 0.1) is 16.8 Å². The molecule has 37 heavy (non-hydrogen) atoms. The SMILES string of the molecule is C=C\C(=N/C(C(/Nc1nc(CC)c(CC)n1C)=P\C)=C(\C)N)c1ccc(C(=O)N2CCCNCC2)cc1. The third-order valence-electron chi connectivity index (χ3n) is 6.50. The summed E-state index contributed by atoms with van der Waals surface area (Å²) in [6.07, 6.45) is 4.47. The van der Waals surface area contributed by atoms with Crippen LogP contribution in [0.3, 0.4) is 0 Å². The van der Waals surface area contributed by atoms with Crippen molar-refractivity contribution in [2.24, 2.45) is 17.8 Å². The van der Waals surface area contributed by atoms with E-state index in [1.165, 1.54) is 5.69 Å². The van der Waals surface area contributed by atoms with Crippen LogP contribution in [0.15, 0.2) is 53.3 Å². The Kier molecular flexibility index (Phi) is 10.2. The maximum absolute atomic E-state index is 13.0. The fraction of sp³-hybridized carbons (Fsp3) is 0.429. The van der Waals surface area contributed by atoms with Crippen molar-refractivity contribution in [3.63, 3.8) is 0 Å². The quantitative estimate of drug-likeness (QED) is 0.343. The fourth-order valence-electron chi connectivity index (χ4n) is 4.44. The van der Waals surface area contributed by atoms with Crippen molar-refractivity contribution in [1.29, 1.82) is 0 Å². The number of hydrogen-bond donors (Lipinski definition) is 3. The molecule has 0 saturated carbocycles. The minimum absolute atomic E-state index is 0.0586. The third kappa shape index (κ3) is 6.76. The number of benzene rings is 1. The second-order valence-corrected chi connectivity index (χ2v) is 9.89. The molecule has 4 N–H and O–H groups in total. The molecule has 1 aliphatic rings. The van der Waals surface area contributed by atoms with E-state index in [1.54, 1.807) is 6.08 Å². The van der Waals surface area contributed by atoms with Gasteiger partial charge in [-0.2, -0.15) is 0 Å². The Bertz CT molecular complexity index is 1200. The van der Waals surface area contributed by atoms with Crippen molar-refractivity contribution in [2.75, 3.05) is 38.2 Å². The Morgan fingerprint density at radius 3 is 2.49 bits per heavy atom. The highest BCUT2D eigenvalue weighted by atomic mass is 31.1. The van der Waals surface area contributed by atoms with E-state index in [9.17, 15) is 4.79 Å². The van der Waals surface area contributed by atoms with Crippen molar-refractivity contribution in [2.45, 2.75) is 40.0 Å². The summed E-state index contributed by atoms with van der Waals surface area (Å²) in [6, 6.07) is 7.57. The molecule has 1 fully saturated rings. The normalized spacial score (nSPS) is 15.8. The number of rotatable bonds is 9. The molecule has 1 aliphatic heterocycles. The number of amides is 1. The van der Waals surface area contributed by atoms with Crippen molar-refractivity contribution >= 4 is 31.2 Å². The second kappa shape index (κ2) is 13.4. The molecule has 1 aromatic heterocycles. The lowest BCUT2D eigenvalue weighted by Gasteiger charge is -2.20. The molecule has 2 aromatic rings. The molecule has 0 radical (unpaired) electrons. The number of carbonyl (C=O) groups excluding carboxylic acids is 1. The molecular formula is C28H40N7OP. The van der Waals surface area contributed by atoms with E-state index in [4.69, 9.17) is 15.7 Å². The number of nitrogens with zero attached hydrogens (tertiary/aromatic N) is 4. The van der Waals surface area contributed by atoms with Gasteiger partial charge in [0.1, 0.15) is 5.70 Å². The number of anilines is 1. The largest absolute Gasteiger partial charge is 0.400 e. The van der Waals surface area contributed by atoms with Gasteiger partial charge in [-0.3, -0.25) is 4.79 Å². The number of allylic oxidation sites excluding steroid dienone is 2. The molecule has 3 rings (SSSR count). The van der Waals surface area contributed by atoms with Gasteiger partial charge in [-0.05, 0) is 57.6 Å². The van der Waals surface area contributed by atoms with Crippen LogP contribution in [-0.4, -0.2) is 64.3 Å². The number of aromatic nitrogens is 2. The number of imidazole rings is 1. The minimum Gasteiger partial charge on any atom is -0.400 e. The molecule has 9 heteroatoms. The average Bonchev–Trinajstić information content (AvgIpc) is 3.06. The van der Waals surface area contributed by atoms with Crippen molar-refractivity contribution in [3.8, 4) is 0 Å². The molecule has 0 spiro atoms. The molecule has 0 aliphatic carbocycles. The van der Waals surface area contributed by atoms with Gasteiger partial charge < -0.3 is 25.8 Å². The predicted molar refractivity (Wildman–Crippen MR) is 157 cm³/mol. The fourth-order valence-corrected chi connectivity index (χ4v) is 5.09. The van der Waals surface area contributed by atoms with Gasteiger partial charge in [-0.1, -0.05) is 40.8 Å². The minimum atomic E-state index is 0.0586. The van der Waals surface area contributed by atoms with Gasteiger partial charge in [0, 0.05) is 49.2 Å². The first-order valence-corrected chi connectivity index (χ1v) is 14.2. The van der Waals surface area contributed by atoms with Crippen LogP contribution in [0.25, 0.3) is 0 Å². The molecule has 8 nitrogen and oxygen atoms in total. The molecule has 1 saturated heterocycles. The number of aryl methyl sites for hydroxylation is 1. The zero-order valence-corrected chi connectivity index (χ0v) is 23.7. The van der Waals surface area contributed by atoms with Crippen LogP contribution in [0.1, 0.15) is 54.5 Å². The zero-order valence-electron chi connectivity index (χ0n) is 22.8. The molecule has 0 atom stereocenters. The van der Waals surface area contributed by atoms with E-state index in [-0.39, 0.29) is 5.91 Å². The molecule has 1 amide bonds. The Labute approximate surface area is 222 Å². The first-order valence-electron chi connectivity index (χ1n) is 12.9. The number of carbonyl (C=O) groups is 1. The topological polar surface area (TPSA) is 101 Å². The molecule has 1 aromatic carbocycles. The van der Waals surface area contributed by atoms with E-state index in [2.05, 4.69) is 35.6 Å². The molecule has 0 unspecified atom stereocenters. The van der Waals surface area contributed by atoms with Crippen LogP contribution in [0.4, 0.5) is 5.95 Å². The lowest BCUT2D eigenvalue weighted by Crippen LogP contribution is -2.34. The van der Waals surface area contributed by atoms with Crippen molar-refractivity contribution in [3.05, 3.63) is 70.8 Å². The Morgan fingerprint density at radius 1 is 1.22 bits per heavy atom. The van der Waals surface area contributed by atoms with Crippen molar-refractivity contribution < 1.29 is 4.79 Å². The van der Waals surface area contributed by atoms with Crippen LogP contribution >= 0.6 is 8.20 Å². The maximum Gasteiger partial charge on any atom is 0.253 e. The van der Waals surface area contributed by atoms with E-state index >= 15 is 0 Å². The maximum atomic E-state index is 13.0. The summed E-state index contributed by atoms with van der Waals surface area (Å²) in [6.45, 7) is 15.4. The van der Waals surface area contributed by atoms with Crippen molar-refractivity contribution in [1.82, 2.24) is 19.8 Å². The number of aliphatic imine (C=N–C) groups is 1. The van der Waals surface area contributed by atoms with Gasteiger partial charge in [-0.25, -0.2) is 9.98 Å². The highest BCUT2D eigenvalue weighted by molar-refractivity contribution is 7.40. The Morgan fingerprint density at radius 2 is 1.92 bits per heavy atom. The smallest absolute Gasteiger partial charge is 0.253 e. The van der Waals surface area contributed by atoms with E-state index in [1.807, 2.05) is 49.8 Å². The molecule has 0 bridgehead atoms. The Hall–Kier alpha value is -3.22. The summed E-state index contributed by atoms with van der Waals surface area (Å²) < 4.78 is 2.10. The summed E-state index contributed by atoms with van der Waals surface area (Å²) in [5.74, 6) is 0.835. The van der Waals surface area contributed by atoms with Gasteiger partial charge in [-0.15, -0.1) is 0 Å². The summed E-state index contributed by atoms with van der Waals surface area (Å²) in [7, 11) is 3.00. The van der Waals surface area contributed by atoms with Crippen LogP contribution in [0.2, 0.25) is 0 Å². The molecule has 2 heterocycles. The van der Waals surface area contributed by atoms with E-state index < -0.39 is 0 Å². The van der Waals surface area contributed by atoms with Crippen LogP contribution in [0, 0.1) is 0 Å². The van der Waals surface area contributed by atoms with Crippen LogP contribution in [-0.2, 0) is 19.9 Å². The standard InChI is InChI=1S/C28H40N7OP/c1-7-22(20-11-13-21(14-12-20)27(36)35-17-10-15-30-16-18-35)31-25(19(4)29)26(37-6)33-28-32-23(8-2)24(9-3)34(28)5/h7,11-14,30H,1,8-10,15-18,29H2,2-6H3,(H,32,33)/b25-19+,31-22+. The first kappa shape index (κ1) is 28.4. The number of nitrogens with one attached hydrogen (secondary N) is 2. The van der Waals surface area contributed by atoms with Gasteiger partial charge in [0.15, 0.2) is 0 Å². The molecule has 198 valence electrons. The highest BCUT2D eigenvalue weighted by Crippen LogP contribution is 2.20. The lowest BCUT2D eigenvalue weighted by atomic mass is 10.1. The molecular weight excluding hydrogens is 481 g/mol. The van der Waals surface area contributed by atoms with Crippen LogP contribution in [0.5, 0.6) is 0 Å². The lowest BCUT2D eigenvalue weighted by molar-refractivity contribution is 0.0766. The summed E-state index contributed by atoms with van der Waals surface area (Å²) >= 11 is 0. The average molecular weight is 522 g/mol. The summed E-state index contributed by atoms with van der Waals surface area (Å²) in [4.78, 5) is 24.6.